The van der Waals surface area contributed by atoms with Crippen LogP contribution in [0.5, 0.6) is 0 Å². The zero-order valence-corrected chi connectivity index (χ0v) is 12.7. The van der Waals surface area contributed by atoms with E-state index in [4.69, 9.17) is 0 Å². The molecule has 0 bridgehead atoms. The zero-order chi connectivity index (χ0) is 14.8. The van der Waals surface area contributed by atoms with E-state index in [-0.39, 0.29) is 11.9 Å². The molecule has 0 spiro atoms. The van der Waals surface area contributed by atoms with E-state index in [1.54, 1.807) is 6.07 Å². The van der Waals surface area contributed by atoms with Gasteiger partial charge in [-0.25, -0.2) is 4.39 Å². The Morgan fingerprint density at radius 2 is 1.86 bits per heavy atom. The Balaban J connectivity index is 2.06. The number of benzene rings is 2. The molecule has 1 unspecified atom stereocenters. The highest BCUT2D eigenvalue weighted by Gasteiger charge is 2.25. The van der Waals surface area contributed by atoms with Crippen LogP contribution >= 0.6 is 0 Å². The Bertz CT molecular complexity index is 631. The largest absolute Gasteiger partial charge is 0.309 e. The predicted molar refractivity (Wildman–Crippen MR) is 85.1 cm³/mol. The van der Waals surface area contributed by atoms with Gasteiger partial charge in [-0.2, -0.15) is 0 Å². The average Bonchev–Trinajstić information content (AvgIpc) is 2.43. The van der Waals surface area contributed by atoms with Crippen LogP contribution in [0.3, 0.4) is 0 Å². The molecule has 1 aliphatic carbocycles. The number of rotatable bonds is 4. The minimum absolute atomic E-state index is 0.0532. The van der Waals surface area contributed by atoms with E-state index in [2.05, 4.69) is 29.6 Å². The Morgan fingerprint density at radius 1 is 1.10 bits per heavy atom. The number of nitrogens with one attached hydrogen (secondary N) is 1. The maximum absolute atomic E-state index is 13.7. The highest BCUT2D eigenvalue weighted by Crippen LogP contribution is 2.40. The van der Waals surface area contributed by atoms with Crippen LogP contribution in [-0.2, 0) is 0 Å². The number of hydrogen-bond donors (Lipinski definition) is 1. The van der Waals surface area contributed by atoms with Crippen molar-refractivity contribution < 1.29 is 4.39 Å². The molecule has 0 amide bonds. The molecule has 1 atom stereocenters. The van der Waals surface area contributed by atoms with Gasteiger partial charge in [0.2, 0.25) is 0 Å². The molecule has 1 fully saturated rings. The highest BCUT2D eigenvalue weighted by atomic mass is 19.1. The lowest BCUT2D eigenvalue weighted by Gasteiger charge is -2.31. The first-order chi connectivity index (χ1) is 10.2. The fraction of sp³-hybridized carbons (Fsp3) is 0.368. The number of halogens is 1. The van der Waals surface area contributed by atoms with Gasteiger partial charge in [0.15, 0.2) is 0 Å². The van der Waals surface area contributed by atoms with Crippen molar-refractivity contribution in [3.63, 3.8) is 0 Å². The molecule has 3 rings (SSSR count). The van der Waals surface area contributed by atoms with Gasteiger partial charge in [0.25, 0.3) is 0 Å². The van der Waals surface area contributed by atoms with Gasteiger partial charge < -0.3 is 5.32 Å². The minimum atomic E-state index is -0.169. The number of hydrogen-bond acceptors (Lipinski definition) is 1. The molecular formula is C19H22FN. The summed E-state index contributed by atoms with van der Waals surface area (Å²) in [7, 11) is 1.95. The van der Waals surface area contributed by atoms with E-state index in [1.165, 1.54) is 36.5 Å². The van der Waals surface area contributed by atoms with Crippen LogP contribution < -0.4 is 5.32 Å². The first-order valence-corrected chi connectivity index (χ1v) is 7.73. The SMILES string of the molecule is CNC(c1cc(F)ccc1C)c1ccccc1C1CCC1. The third-order valence-electron chi connectivity index (χ3n) is 4.69. The Kier molecular flexibility index (Phi) is 4.07. The van der Waals surface area contributed by atoms with Crippen molar-refractivity contribution in [2.45, 2.75) is 38.1 Å². The lowest BCUT2D eigenvalue weighted by Crippen LogP contribution is -2.22. The highest BCUT2D eigenvalue weighted by molar-refractivity contribution is 5.42. The van der Waals surface area contributed by atoms with Crippen molar-refractivity contribution in [3.05, 3.63) is 70.5 Å². The van der Waals surface area contributed by atoms with E-state index in [0.29, 0.717) is 5.92 Å². The van der Waals surface area contributed by atoms with Crippen LogP contribution in [0.2, 0.25) is 0 Å². The van der Waals surface area contributed by atoms with Gasteiger partial charge in [-0.3, -0.25) is 0 Å². The summed E-state index contributed by atoms with van der Waals surface area (Å²) in [6, 6.07) is 13.7. The lowest BCUT2D eigenvalue weighted by atomic mass is 9.76. The van der Waals surface area contributed by atoms with Crippen LogP contribution in [0.4, 0.5) is 4.39 Å². The fourth-order valence-electron chi connectivity index (χ4n) is 3.27. The van der Waals surface area contributed by atoms with E-state index in [1.807, 2.05) is 20.0 Å². The molecule has 0 aromatic heterocycles. The van der Waals surface area contributed by atoms with Crippen LogP contribution in [-0.4, -0.2) is 7.05 Å². The molecule has 1 nitrogen and oxygen atoms in total. The fourth-order valence-corrected chi connectivity index (χ4v) is 3.27. The van der Waals surface area contributed by atoms with Gasteiger partial charge in [-0.15, -0.1) is 0 Å². The summed E-state index contributed by atoms with van der Waals surface area (Å²) >= 11 is 0. The summed E-state index contributed by atoms with van der Waals surface area (Å²) < 4.78 is 13.7. The summed E-state index contributed by atoms with van der Waals surface area (Å²) in [5, 5.41) is 3.38. The minimum Gasteiger partial charge on any atom is -0.309 e. The van der Waals surface area contributed by atoms with Crippen molar-refractivity contribution in [3.8, 4) is 0 Å². The molecule has 2 aromatic rings. The Hall–Kier alpha value is -1.67. The second-order valence-corrected chi connectivity index (χ2v) is 5.98. The molecule has 2 aromatic carbocycles. The van der Waals surface area contributed by atoms with Gasteiger partial charge in [0.05, 0.1) is 6.04 Å². The molecule has 0 radical (unpaired) electrons. The van der Waals surface area contributed by atoms with Crippen LogP contribution in [0, 0.1) is 12.7 Å². The van der Waals surface area contributed by atoms with E-state index < -0.39 is 0 Å². The van der Waals surface area contributed by atoms with Crippen molar-refractivity contribution >= 4 is 0 Å². The van der Waals surface area contributed by atoms with E-state index >= 15 is 0 Å². The van der Waals surface area contributed by atoms with Gasteiger partial charge in [-0.1, -0.05) is 36.8 Å². The second kappa shape index (κ2) is 5.98. The van der Waals surface area contributed by atoms with Gasteiger partial charge in [0.1, 0.15) is 5.82 Å². The summed E-state index contributed by atoms with van der Waals surface area (Å²) in [5.74, 6) is 0.503. The molecule has 110 valence electrons. The Morgan fingerprint density at radius 3 is 2.52 bits per heavy atom. The average molecular weight is 283 g/mol. The van der Waals surface area contributed by atoms with Crippen molar-refractivity contribution in [2.24, 2.45) is 0 Å². The first-order valence-electron chi connectivity index (χ1n) is 7.73. The normalized spacial score (nSPS) is 16.5. The maximum Gasteiger partial charge on any atom is 0.123 e. The smallest absolute Gasteiger partial charge is 0.123 e. The second-order valence-electron chi connectivity index (χ2n) is 5.98. The third-order valence-corrected chi connectivity index (χ3v) is 4.69. The molecular weight excluding hydrogens is 261 g/mol. The molecule has 1 N–H and O–H groups in total. The molecule has 1 saturated carbocycles. The quantitative estimate of drug-likeness (QED) is 0.857. The summed E-state index contributed by atoms with van der Waals surface area (Å²) in [6.45, 7) is 2.05. The molecule has 1 aliphatic rings. The molecule has 0 aliphatic heterocycles. The molecule has 0 heterocycles. The lowest BCUT2D eigenvalue weighted by molar-refractivity contribution is 0.415. The third kappa shape index (κ3) is 2.73. The topological polar surface area (TPSA) is 12.0 Å². The van der Waals surface area contributed by atoms with Crippen LogP contribution in [0.15, 0.2) is 42.5 Å². The zero-order valence-electron chi connectivity index (χ0n) is 12.7. The first kappa shape index (κ1) is 14.3. The summed E-state index contributed by atoms with van der Waals surface area (Å²) in [6.07, 6.45) is 3.87. The molecule has 2 heteroatoms. The van der Waals surface area contributed by atoms with Gasteiger partial charge >= 0.3 is 0 Å². The monoisotopic (exact) mass is 283 g/mol. The van der Waals surface area contributed by atoms with Crippen LogP contribution in [0.25, 0.3) is 0 Å². The molecule has 0 saturated heterocycles. The van der Waals surface area contributed by atoms with Crippen molar-refractivity contribution in [1.82, 2.24) is 5.32 Å². The molecule has 21 heavy (non-hydrogen) atoms. The predicted octanol–water partition coefficient (Wildman–Crippen LogP) is 4.71. The van der Waals surface area contributed by atoms with Crippen LogP contribution in [0.1, 0.15) is 53.5 Å². The summed E-state index contributed by atoms with van der Waals surface area (Å²) in [5.41, 5.74) is 4.87. The standard InChI is InChI=1S/C19H22FN/c1-13-10-11-15(20)12-18(13)19(21-2)17-9-4-3-8-16(17)14-6-5-7-14/h3-4,8-12,14,19,21H,5-7H2,1-2H3. The van der Waals surface area contributed by atoms with Gasteiger partial charge in [-0.05, 0) is 67.1 Å². The van der Waals surface area contributed by atoms with Crippen molar-refractivity contribution in [1.29, 1.82) is 0 Å². The maximum atomic E-state index is 13.7. The van der Waals surface area contributed by atoms with E-state index in [9.17, 15) is 4.39 Å². The van der Waals surface area contributed by atoms with E-state index in [0.717, 1.165) is 11.1 Å². The van der Waals surface area contributed by atoms with Crippen molar-refractivity contribution in [2.75, 3.05) is 7.05 Å². The number of aryl methyl sites for hydroxylation is 1. The Labute approximate surface area is 126 Å². The summed E-state index contributed by atoms with van der Waals surface area (Å²) in [4.78, 5) is 0. The van der Waals surface area contributed by atoms with Gasteiger partial charge in [0, 0.05) is 0 Å².